The monoisotopic (exact) mass is 491 g/mol. The first-order valence-corrected chi connectivity index (χ1v) is 10.3. The van der Waals surface area contributed by atoms with Crippen molar-refractivity contribution in [3.63, 3.8) is 0 Å². The van der Waals surface area contributed by atoms with E-state index < -0.39 is 24.1 Å². The zero-order valence-electron chi connectivity index (χ0n) is 19.4. The van der Waals surface area contributed by atoms with Gasteiger partial charge >= 0.3 is 18.2 Å². The van der Waals surface area contributed by atoms with Crippen LogP contribution in [0.25, 0.3) is 11.0 Å². The Balaban J connectivity index is 1.86. The lowest BCUT2D eigenvalue weighted by Gasteiger charge is -2.15. The van der Waals surface area contributed by atoms with Gasteiger partial charge in [0, 0.05) is 35.6 Å². The number of amides is 1. The van der Waals surface area contributed by atoms with Gasteiger partial charge in [0.2, 0.25) is 5.91 Å². The molecule has 0 saturated heterocycles. The van der Waals surface area contributed by atoms with Crippen LogP contribution in [0.4, 0.5) is 14.5 Å². The van der Waals surface area contributed by atoms with E-state index in [1.165, 1.54) is 14.2 Å². The van der Waals surface area contributed by atoms with Crippen molar-refractivity contribution in [2.75, 3.05) is 26.6 Å². The maximum atomic E-state index is 12.8. The van der Waals surface area contributed by atoms with E-state index in [4.69, 9.17) is 18.6 Å². The first kappa shape index (κ1) is 25.5. The van der Waals surface area contributed by atoms with Crippen molar-refractivity contribution in [3.05, 3.63) is 57.4 Å². The summed E-state index contributed by atoms with van der Waals surface area (Å²) in [4.78, 5) is 37.4. The van der Waals surface area contributed by atoms with E-state index in [-0.39, 0.29) is 35.6 Å². The van der Waals surface area contributed by atoms with E-state index in [1.807, 2.05) is 0 Å². The number of anilines is 1. The van der Waals surface area contributed by atoms with Crippen molar-refractivity contribution in [2.45, 2.75) is 26.4 Å². The first-order chi connectivity index (χ1) is 16.7. The number of esters is 1. The molecule has 9 nitrogen and oxygen atoms in total. The number of hydrogen-bond acceptors (Lipinski definition) is 8. The third-order valence-corrected chi connectivity index (χ3v) is 5.30. The Morgan fingerprint density at radius 2 is 1.80 bits per heavy atom. The van der Waals surface area contributed by atoms with Crippen LogP contribution in [0.2, 0.25) is 0 Å². The number of hydrogen-bond donors (Lipinski definition) is 1. The molecule has 186 valence electrons. The van der Waals surface area contributed by atoms with Crippen LogP contribution in [0.3, 0.4) is 0 Å². The summed E-state index contributed by atoms with van der Waals surface area (Å²) >= 11 is 0. The van der Waals surface area contributed by atoms with Crippen molar-refractivity contribution >= 4 is 28.5 Å². The number of carbonyl (C=O) groups is 2. The molecular formula is C24H23F2NO8. The SMILES string of the molecule is COC(=O)c1cc(OC)c(OC(F)F)cc1NC(=O)CCc1c(C)c2ccc(OC)cc2oc1=O. The second-order valence-electron chi connectivity index (χ2n) is 7.32. The molecule has 11 heteroatoms. The lowest BCUT2D eigenvalue weighted by molar-refractivity contribution is -0.116. The molecule has 1 aromatic heterocycles. The number of fused-ring (bicyclic) bond motifs is 1. The Bertz CT molecular complexity index is 1320. The minimum atomic E-state index is -3.16. The summed E-state index contributed by atoms with van der Waals surface area (Å²) in [6.45, 7) is -1.42. The summed E-state index contributed by atoms with van der Waals surface area (Å²) in [5.41, 5.74) is 0.472. The molecule has 1 heterocycles. The fourth-order valence-corrected chi connectivity index (χ4v) is 3.53. The number of halogens is 2. The van der Waals surface area contributed by atoms with Crippen molar-refractivity contribution < 1.29 is 41.7 Å². The molecule has 1 N–H and O–H groups in total. The van der Waals surface area contributed by atoms with E-state index in [9.17, 15) is 23.2 Å². The van der Waals surface area contributed by atoms with Gasteiger partial charge in [-0.3, -0.25) is 4.79 Å². The quantitative estimate of drug-likeness (QED) is 0.352. The molecular weight excluding hydrogens is 468 g/mol. The molecule has 0 radical (unpaired) electrons. The summed E-state index contributed by atoms with van der Waals surface area (Å²) in [7, 11) is 3.83. The smallest absolute Gasteiger partial charge is 0.387 e. The molecule has 0 bridgehead atoms. The zero-order chi connectivity index (χ0) is 25.7. The maximum absolute atomic E-state index is 12.8. The van der Waals surface area contributed by atoms with Gasteiger partial charge < -0.3 is 28.7 Å². The van der Waals surface area contributed by atoms with Crippen LogP contribution in [-0.2, 0) is 16.0 Å². The summed E-state index contributed by atoms with van der Waals surface area (Å²) in [6.07, 6.45) is -0.128. The second kappa shape index (κ2) is 10.9. The Morgan fingerprint density at radius 1 is 1.06 bits per heavy atom. The highest BCUT2D eigenvalue weighted by Crippen LogP contribution is 2.35. The molecule has 2 aromatic carbocycles. The van der Waals surface area contributed by atoms with Gasteiger partial charge in [0.1, 0.15) is 11.3 Å². The molecule has 0 spiro atoms. The number of rotatable bonds is 9. The third kappa shape index (κ3) is 5.68. The van der Waals surface area contributed by atoms with Gasteiger partial charge in [-0.05, 0) is 31.0 Å². The van der Waals surface area contributed by atoms with Gasteiger partial charge in [-0.2, -0.15) is 8.78 Å². The molecule has 35 heavy (non-hydrogen) atoms. The molecule has 1 amide bonds. The zero-order valence-corrected chi connectivity index (χ0v) is 19.4. The fourth-order valence-electron chi connectivity index (χ4n) is 3.53. The first-order valence-electron chi connectivity index (χ1n) is 10.3. The van der Waals surface area contributed by atoms with E-state index in [2.05, 4.69) is 10.1 Å². The number of benzene rings is 2. The normalized spacial score (nSPS) is 10.8. The van der Waals surface area contributed by atoms with Crippen molar-refractivity contribution in [3.8, 4) is 17.2 Å². The minimum absolute atomic E-state index is 0.0338. The van der Waals surface area contributed by atoms with E-state index in [1.54, 1.807) is 25.1 Å². The Morgan fingerprint density at radius 3 is 2.43 bits per heavy atom. The number of ether oxygens (including phenoxy) is 4. The number of carbonyl (C=O) groups excluding carboxylic acids is 2. The molecule has 0 saturated carbocycles. The van der Waals surface area contributed by atoms with E-state index >= 15 is 0 Å². The largest absolute Gasteiger partial charge is 0.497 e. The van der Waals surface area contributed by atoms with Crippen LogP contribution in [-0.4, -0.2) is 39.8 Å². The third-order valence-electron chi connectivity index (χ3n) is 5.30. The number of methoxy groups -OCH3 is 3. The number of nitrogens with one attached hydrogen (secondary N) is 1. The molecule has 0 aliphatic heterocycles. The summed E-state index contributed by atoms with van der Waals surface area (Å²) < 4.78 is 50.2. The molecule has 0 aliphatic rings. The number of aryl methyl sites for hydroxylation is 1. The van der Waals surface area contributed by atoms with Gasteiger partial charge in [-0.15, -0.1) is 0 Å². The van der Waals surface area contributed by atoms with Crippen LogP contribution >= 0.6 is 0 Å². The van der Waals surface area contributed by atoms with Crippen LogP contribution < -0.4 is 25.2 Å². The highest BCUT2D eigenvalue weighted by atomic mass is 19.3. The predicted octanol–water partition coefficient (Wildman–Crippen LogP) is 4.08. The summed E-state index contributed by atoms with van der Waals surface area (Å²) in [6, 6.07) is 7.23. The van der Waals surface area contributed by atoms with Crippen LogP contribution in [0.1, 0.15) is 27.9 Å². The van der Waals surface area contributed by atoms with Crippen molar-refractivity contribution in [1.82, 2.24) is 0 Å². The Hall–Kier alpha value is -4.15. The van der Waals surface area contributed by atoms with E-state index in [0.29, 0.717) is 27.8 Å². The summed E-state index contributed by atoms with van der Waals surface area (Å²) in [5.74, 6) is -1.42. The maximum Gasteiger partial charge on any atom is 0.387 e. The van der Waals surface area contributed by atoms with Gasteiger partial charge in [0.05, 0.1) is 32.6 Å². The minimum Gasteiger partial charge on any atom is -0.497 e. The van der Waals surface area contributed by atoms with Crippen LogP contribution in [0.5, 0.6) is 17.2 Å². The molecule has 0 atom stereocenters. The fraction of sp³-hybridized carbons (Fsp3) is 0.292. The lowest BCUT2D eigenvalue weighted by atomic mass is 10.0. The van der Waals surface area contributed by atoms with Crippen LogP contribution in [0.15, 0.2) is 39.5 Å². The average molecular weight is 491 g/mol. The molecule has 0 unspecified atom stereocenters. The van der Waals surface area contributed by atoms with Gasteiger partial charge in [0.25, 0.3) is 0 Å². The average Bonchev–Trinajstić information content (AvgIpc) is 2.82. The molecule has 3 aromatic rings. The predicted molar refractivity (Wildman–Crippen MR) is 122 cm³/mol. The van der Waals surface area contributed by atoms with Gasteiger partial charge in [-0.25, -0.2) is 9.59 Å². The Labute approximate surface area is 198 Å². The summed E-state index contributed by atoms with van der Waals surface area (Å²) in [5, 5.41) is 3.18. The highest BCUT2D eigenvalue weighted by molar-refractivity contribution is 6.02. The van der Waals surface area contributed by atoms with E-state index in [0.717, 1.165) is 19.2 Å². The topological polar surface area (TPSA) is 113 Å². The van der Waals surface area contributed by atoms with Crippen molar-refractivity contribution in [2.24, 2.45) is 0 Å². The Kier molecular flexibility index (Phi) is 7.90. The van der Waals surface area contributed by atoms with Crippen molar-refractivity contribution in [1.29, 1.82) is 0 Å². The number of alkyl halides is 2. The molecule has 0 fully saturated rings. The van der Waals surface area contributed by atoms with Crippen LogP contribution in [0, 0.1) is 6.92 Å². The molecule has 3 rings (SSSR count). The highest BCUT2D eigenvalue weighted by Gasteiger charge is 2.21. The second-order valence-corrected chi connectivity index (χ2v) is 7.32. The standard InChI is InChI=1S/C24H23F2NO8/c1-12-14-6-5-13(31-2)9-18(14)34-23(30)15(12)7-8-21(28)27-17-11-20(35-24(25)26)19(32-3)10-16(17)22(29)33-4/h5-6,9-11,24H,7-8H2,1-4H3,(H,27,28). The lowest BCUT2D eigenvalue weighted by Crippen LogP contribution is -2.18. The van der Waals surface area contributed by atoms with Gasteiger partial charge in [0.15, 0.2) is 11.5 Å². The van der Waals surface area contributed by atoms with Gasteiger partial charge in [-0.1, -0.05) is 0 Å². The molecule has 0 aliphatic carbocycles.